The Hall–Kier alpha value is -1.80. The molecule has 0 amide bonds. The lowest BCUT2D eigenvalue weighted by molar-refractivity contribution is -0.131. The molecule has 2 aromatic rings. The minimum Gasteiger partial charge on any atom is -0.427 e. The van der Waals surface area contributed by atoms with Crippen LogP contribution in [0.4, 0.5) is 0 Å². The monoisotopic (exact) mass is 260 g/mol. The maximum Gasteiger partial charge on any atom is 0.308 e. The third kappa shape index (κ3) is 3.60. The molecule has 0 radical (unpaired) electrons. The number of hydrogen-bond donors (Lipinski definition) is 0. The van der Waals surface area contributed by atoms with Crippen molar-refractivity contribution < 1.29 is 9.53 Å². The van der Waals surface area contributed by atoms with E-state index in [1.54, 1.807) is 12.1 Å². The van der Waals surface area contributed by atoms with Gasteiger partial charge in [0, 0.05) is 11.9 Å². The Morgan fingerprint density at radius 2 is 1.50 bits per heavy atom. The quantitative estimate of drug-likeness (QED) is 0.619. The summed E-state index contributed by atoms with van der Waals surface area (Å²) in [6, 6.07) is 15.3. The van der Waals surface area contributed by atoms with E-state index in [9.17, 15) is 4.79 Å². The summed E-state index contributed by atoms with van der Waals surface area (Å²) in [6.07, 6.45) is 0.831. The molecule has 0 spiro atoms. The molecule has 92 valence electrons. The fourth-order valence-corrected chi connectivity index (χ4v) is 1.81. The molecule has 0 heterocycles. The predicted molar refractivity (Wildman–Crippen MR) is 72.0 cm³/mol. The molecule has 2 aromatic carbocycles. The number of esters is 1. The minimum atomic E-state index is -0.305. The Morgan fingerprint density at radius 3 is 2.00 bits per heavy atom. The second kappa shape index (κ2) is 5.69. The summed E-state index contributed by atoms with van der Waals surface area (Å²) in [6.45, 7) is 1.39. The first-order chi connectivity index (χ1) is 8.63. The van der Waals surface area contributed by atoms with E-state index in [0.29, 0.717) is 5.75 Å². The van der Waals surface area contributed by atoms with Crippen LogP contribution >= 0.6 is 11.6 Å². The normalized spacial score (nSPS) is 10.1. The van der Waals surface area contributed by atoms with Gasteiger partial charge in [0.1, 0.15) is 5.75 Å². The van der Waals surface area contributed by atoms with E-state index in [1.165, 1.54) is 12.5 Å². The van der Waals surface area contributed by atoms with Gasteiger partial charge in [-0.2, -0.15) is 0 Å². The molecule has 0 aliphatic rings. The van der Waals surface area contributed by atoms with Crippen LogP contribution in [-0.2, 0) is 11.2 Å². The third-order valence-electron chi connectivity index (χ3n) is 2.51. The lowest BCUT2D eigenvalue weighted by Gasteiger charge is -2.04. The van der Waals surface area contributed by atoms with Gasteiger partial charge in [0.05, 0.1) is 0 Å². The topological polar surface area (TPSA) is 26.3 Å². The van der Waals surface area contributed by atoms with Gasteiger partial charge in [-0.3, -0.25) is 4.79 Å². The third-order valence-corrected chi connectivity index (χ3v) is 2.76. The van der Waals surface area contributed by atoms with Crippen LogP contribution in [0.2, 0.25) is 5.02 Å². The second-order valence-electron chi connectivity index (χ2n) is 4.04. The van der Waals surface area contributed by atoms with Crippen LogP contribution in [0.1, 0.15) is 18.1 Å². The van der Waals surface area contributed by atoms with Crippen molar-refractivity contribution in [2.45, 2.75) is 13.3 Å². The summed E-state index contributed by atoms with van der Waals surface area (Å²) >= 11 is 5.84. The van der Waals surface area contributed by atoms with Crippen LogP contribution < -0.4 is 4.74 Å². The summed E-state index contributed by atoms with van der Waals surface area (Å²) in [5, 5.41) is 0.740. The molecular formula is C15H13ClO2. The van der Waals surface area contributed by atoms with Gasteiger partial charge in [0.25, 0.3) is 0 Å². The number of ether oxygens (including phenoxy) is 1. The molecule has 0 unspecified atom stereocenters. The molecule has 0 aromatic heterocycles. The Bertz CT molecular complexity index is 529. The van der Waals surface area contributed by atoms with Crippen LogP contribution in [0, 0.1) is 0 Å². The Labute approximate surface area is 111 Å². The molecule has 0 aliphatic carbocycles. The molecule has 0 saturated heterocycles. The van der Waals surface area contributed by atoms with Crippen LogP contribution in [0.3, 0.4) is 0 Å². The van der Waals surface area contributed by atoms with Crippen LogP contribution in [0.25, 0.3) is 0 Å². The Balaban J connectivity index is 2.06. The zero-order chi connectivity index (χ0) is 13.0. The Morgan fingerprint density at radius 1 is 1.00 bits per heavy atom. The van der Waals surface area contributed by atoms with Gasteiger partial charge in [-0.05, 0) is 41.8 Å². The molecular weight excluding hydrogens is 248 g/mol. The van der Waals surface area contributed by atoms with E-state index in [1.807, 2.05) is 36.4 Å². The molecule has 18 heavy (non-hydrogen) atoms. The fourth-order valence-electron chi connectivity index (χ4n) is 1.68. The summed E-state index contributed by atoms with van der Waals surface area (Å²) in [4.78, 5) is 10.8. The summed E-state index contributed by atoms with van der Waals surface area (Å²) in [5.41, 5.74) is 2.35. The van der Waals surface area contributed by atoms with E-state index < -0.39 is 0 Å². The lowest BCUT2D eigenvalue weighted by Crippen LogP contribution is -2.01. The first kappa shape index (κ1) is 12.7. The van der Waals surface area contributed by atoms with Crippen molar-refractivity contribution in [3.05, 3.63) is 64.7 Å². The molecule has 0 saturated carbocycles. The van der Waals surface area contributed by atoms with Crippen molar-refractivity contribution in [3.63, 3.8) is 0 Å². The van der Waals surface area contributed by atoms with Crippen molar-refractivity contribution in [2.24, 2.45) is 0 Å². The highest BCUT2D eigenvalue weighted by Crippen LogP contribution is 2.17. The molecule has 0 aliphatic heterocycles. The molecule has 2 rings (SSSR count). The van der Waals surface area contributed by atoms with E-state index in [-0.39, 0.29) is 5.97 Å². The molecule has 0 N–H and O–H groups in total. The highest BCUT2D eigenvalue weighted by atomic mass is 35.5. The minimum absolute atomic E-state index is 0.305. The van der Waals surface area contributed by atoms with E-state index >= 15 is 0 Å². The smallest absolute Gasteiger partial charge is 0.308 e. The highest BCUT2D eigenvalue weighted by molar-refractivity contribution is 6.30. The van der Waals surface area contributed by atoms with Crippen LogP contribution in [-0.4, -0.2) is 5.97 Å². The summed E-state index contributed by atoms with van der Waals surface area (Å²) < 4.78 is 4.98. The maximum absolute atomic E-state index is 10.8. The molecule has 0 fully saturated rings. The first-order valence-electron chi connectivity index (χ1n) is 5.65. The summed E-state index contributed by atoms with van der Waals surface area (Å²) in [5.74, 6) is 0.266. The second-order valence-corrected chi connectivity index (χ2v) is 4.48. The first-order valence-corrected chi connectivity index (χ1v) is 6.03. The zero-order valence-corrected chi connectivity index (χ0v) is 10.8. The van der Waals surface area contributed by atoms with Crippen molar-refractivity contribution in [2.75, 3.05) is 0 Å². The number of halogens is 1. The molecule has 0 atom stereocenters. The number of carbonyl (C=O) groups is 1. The average Bonchev–Trinajstić information content (AvgIpc) is 2.34. The van der Waals surface area contributed by atoms with Gasteiger partial charge >= 0.3 is 5.97 Å². The van der Waals surface area contributed by atoms with E-state index in [2.05, 4.69) is 0 Å². The van der Waals surface area contributed by atoms with Gasteiger partial charge < -0.3 is 4.74 Å². The van der Waals surface area contributed by atoms with Crippen molar-refractivity contribution in [1.29, 1.82) is 0 Å². The predicted octanol–water partition coefficient (Wildman–Crippen LogP) is 3.86. The van der Waals surface area contributed by atoms with Gasteiger partial charge in [-0.1, -0.05) is 35.9 Å². The Kier molecular flexibility index (Phi) is 4.00. The van der Waals surface area contributed by atoms with E-state index in [4.69, 9.17) is 16.3 Å². The van der Waals surface area contributed by atoms with Gasteiger partial charge in [0.2, 0.25) is 0 Å². The molecule has 0 bridgehead atoms. The molecule has 3 heteroatoms. The van der Waals surface area contributed by atoms with Crippen molar-refractivity contribution in [1.82, 2.24) is 0 Å². The average molecular weight is 261 g/mol. The van der Waals surface area contributed by atoms with Crippen molar-refractivity contribution in [3.8, 4) is 5.75 Å². The maximum atomic E-state index is 10.8. The fraction of sp³-hybridized carbons (Fsp3) is 0.133. The zero-order valence-electron chi connectivity index (χ0n) is 10.0. The summed E-state index contributed by atoms with van der Waals surface area (Å²) in [7, 11) is 0. The number of benzene rings is 2. The standard InChI is InChI=1S/C15H13ClO2/c1-11(17)18-15-8-4-13(5-9-15)10-12-2-6-14(16)7-3-12/h2-9H,10H2,1H3. The number of rotatable bonds is 3. The van der Waals surface area contributed by atoms with Crippen LogP contribution in [0.15, 0.2) is 48.5 Å². The number of carbonyl (C=O) groups excluding carboxylic acids is 1. The lowest BCUT2D eigenvalue weighted by atomic mass is 10.1. The highest BCUT2D eigenvalue weighted by Gasteiger charge is 2.00. The largest absolute Gasteiger partial charge is 0.427 e. The number of hydrogen-bond acceptors (Lipinski definition) is 2. The SMILES string of the molecule is CC(=O)Oc1ccc(Cc2ccc(Cl)cc2)cc1. The van der Waals surface area contributed by atoms with Gasteiger partial charge in [0.15, 0.2) is 0 Å². The van der Waals surface area contributed by atoms with Gasteiger partial charge in [-0.15, -0.1) is 0 Å². The van der Waals surface area contributed by atoms with E-state index in [0.717, 1.165) is 17.0 Å². The van der Waals surface area contributed by atoms with Crippen LogP contribution in [0.5, 0.6) is 5.75 Å². The van der Waals surface area contributed by atoms with Gasteiger partial charge in [-0.25, -0.2) is 0 Å². The van der Waals surface area contributed by atoms with Crippen molar-refractivity contribution >= 4 is 17.6 Å². The molecule has 2 nitrogen and oxygen atoms in total.